The third-order valence-electron chi connectivity index (χ3n) is 2.79. The van der Waals surface area contributed by atoms with Crippen LogP contribution in [0.1, 0.15) is 10.4 Å². The molecule has 0 radical (unpaired) electrons. The summed E-state index contributed by atoms with van der Waals surface area (Å²) in [7, 11) is 0. The number of carboxylic acids is 1. The number of aliphatic carboxylic acids is 1. The number of allylic oxidation sites excluding steroid dienone is 1. The van der Waals surface area contributed by atoms with E-state index in [1.165, 1.54) is 12.1 Å². The van der Waals surface area contributed by atoms with E-state index in [-0.39, 0.29) is 5.02 Å². The van der Waals surface area contributed by atoms with Crippen LogP contribution in [0, 0.1) is 5.82 Å². The number of halogens is 2. The van der Waals surface area contributed by atoms with Crippen molar-refractivity contribution in [2.24, 2.45) is 0 Å². The highest BCUT2D eigenvalue weighted by molar-refractivity contribution is 6.33. The summed E-state index contributed by atoms with van der Waals surface area (Å²) in [5.41, 5.74) is 1.74. The van der Waals surface area contributed by atoms with Crippen LogP contribution < -0.4 is 0 Å². The predicted molar refractivity (Wildman–Crippen MR) is 78.0 cm³/mol. The Balaban J connectivity index is 2.26. The van der Waals surface area contributed by atoms with Crippen molar-refractivity contribution in [2.45, 2.75) is 0 Å². The van der Waals surface area contributed by atoms with Crippen molar-refractivity contribution in [3.63, 3.8) is 0 Å². The summed E-state index contributed by atoms with van der Waals surface area (Å²) in [6, 6.07) is 10.5. The monoisotopic (exact) mass is 304 g/mol. The molecule has 5 heteroatoms. The quantitative estimate of drug-likeness (QED) is 0.687. The zero-order valence-electron chi connectivity index (χ0n) is 10.7. The van der Waals surface area contributed by atoms with Crippen LogP contribution in [0.15, 0.2) is 54.6 Å². The first-order valence-electron chi connectivity index (χ1n) is 5.98. The van der Waals surface area contributed by atoms with Gasteiger partial charge in [-0.1, -0.05) is 35.9 Å². The third-order valence-corrected chi connectivity index (χ3v) is 3.10. The van der Waals surface area contributed by atoms with E-state index >= 15 is 0 Å². The van der Waals surface area contributed by atoms with E-state index < -0.39 is 17.6 Å². The Hall–Kier alpha value is -2.46. The first-order valence-corrected chi connectivity index (χ1v) is 6.36. The number of hydrogen-bond acceptors (Lipinski definition) is 2. The van der Waals surface area contributed by atoms with E-state index in [2.05, 4.69) is 0 Å². The zero-order chi connectivity index (χ0) is 15.4. The highest BCUT2D eigenvalue weighted by Gasteiger charge is 2.07. The topological polar surface area (TPSA) is 54.4 Å². The molecule has 2 aromatic carbocycles. The van der Waals surface area contributed by atoms with Crippen LogP contribution in [0.4, 0.5) is 4.39 Å². The molecule has 0 aliphatic carbocycles. The standard InChI is InChI=1S/C16H10ClFO3/c17-14-9-12(18)5-6-13(14)10-1-3-11(4-2-10)15(19)7-8-16(20)21/h1-9H,(H,20,21). The maximum atomic E-state index is 13.0. The molecule has 3 nitrogen and oxygen atoms in total. The predicted octanol–water partition coefficient (Wildman–Crippen LogP) is 3.97. The number of ketones is 1. The molecule has 0 amide bonds. The Morgan fingerprint density at radius 3 is 2.29 bits per heavy atom. The Morgan fingerprint density at radius 2 is 1.71 bits per heavy atom. The van der Waals surface area contributed by atoms with E-state index in [1.54, 1.807) is 30.3 Å². The number of carbonyl (C=O) groups excluding carboxylic acids is 1. The highest BCUT2D eigenvalue weighted by Crippen LogP contribution is 2.28. The fourth-order valence-electron chi connectivity index (χ4n) is 1.78. The van der Waals surface area contributed by atoms with Gasteiger partial charge in [0.15, 0.2) is 5.78 Å². The minimum Gasteiger partial charge on any atom is -0.478 e. The van der Waals surface area contributed by atoms with Crippen molar-refractivity contribution in [3.8, 4) is 11.1 Å². The van der Waals surface area contributed by atoms with Crippen LogP contribution in [0.5, 0.6) is 0 Å². The lowest BCUT2D eigenvalue weighted by Gasteiger charge is -2.05. The van der Waals surface area contributed by atoms with E-state index in [9.17, 15) is 14.0 Å². The molecule has 0 heterocycles. The molecule has 0 aromatic heterocycles. The number of benzene rings is 2. The molecular formula is C16H10ClFO3. The molecule has 21 heavy (non-hydrogen) atoms. The maximum Gasteiger partial charge on any atom is 0.328 e. The molecule has 0 aliphatic rings. The summed E-state index contributed by atoms with van der Waals surface area (Å²) >= 11 is 5.97. The summed E-state index contributed by atoms with van der Waals surface area (Å²) in [4.78, 5) is 22.0. The van der Waals surface area contributed by atoms with Crippen LogP contribution in [0.3, 0.4) is 0 Å². The van der Waals surface area contributed by atoms with Gasteiger partial charge in [0.05, 0.1) is 5.02 Å². The van der Waals surface area contributed by atoms with E-state index in [0.29, 0.717) is 11.1 Å². The van der Waals surface area contributed by atoms with Crippen LogP contribution in [-0.4, -0.2) is 16.9 Å². The summed E-state index contributed by atoms with van der Waals surface area (Å²) in [6.07, 6.45) is 1.77. The van der Waals surface area contributed by atoms with Crippen LogP contribution in [0.25, 0.3) is 11.1 Å². The minimum absolute atomic E-state index is 0.278. The summed E-state index contributed by atoms with van der Waals surface area (Å²) < 4.78 is 13.0. The number of hydrogen-bond donors (Lipinski definition) is 1. The lowest BCUT2D eigenvalue weighted by molar-refractivity contribution is -0.131. The highest BCUT2D eigenvalue weighted by atomic mass is 35.5. The van der Waals surface area contributed by atoms with Gasteiger partial charge in [0.1, 0.15) is 5.82 Å². The van der Waals surface area contributed by atoms with Crippen molar-refractivity contribution < 1.29 is 19.1 Å². The molecule has 0 bridgehead atoms. The second kappa shape index (κ2) is 6.33. The molecule has 0 spiro atoms. The summed E-state index contributed by atoms with van der Waals surface area (Å²) in [5, 5.41) is 8.75. The largest absolute Gasteiger partial charge is 0.478 e. The molecule has 2 rings (SSSR count). The van der Waals surface area contributed by atoms with Gasteiger partial charge < -0.3 is 5.11 Å². The van der Waals surface area contributed by atoms with Crippen molar-refractivity contribution >= 4 is 23.4 Å². The Kier molecular flexibility index (Phi) is 4.50. The molecular weight excluding hydrogens is 295 g/mol. The van der Waals surface area contributed by atoms with Crippen LogP contribution in [0.2, 0.25) is 5.02 Å². The van der Waals surface area contributed by atoms with E-state index in [4.69, 9.17) is 16.7 Å². The molecule has 0 saturated carbocycles. The van der Waals surface area contributed by atoms with Crippen LogP contribution in [-0.2, 0) is 4.79 Å². The first kappa shape index (κ1) is 14.9. The smallest absolute Gasteiger partial charge is 0.328 e. The molecule has 2 aromatic rings. The van der Waals surface area contributed by atoms with Gasteiger partial charge in [0, 0.05) is 17.2 Å². The normalized spacial score (nSPS) is 10.8. The molecule has 0 saturated heterocycles. The van der Waals surface area contributed by atoms with Crippen LogP contribution >= 0.6 is 11.6 Å². The lowest BCUT2D eigenvalue weighted by Crippen LogP contribution is -1.96. The van der Waals surface area contributed by atoms with Gasteiger partial charge in [-0.3, -0.25) is 4.79 Å². The van der Waals surface area contributed by atoms with Crippen molar-refractivity contribution in [2.75, 3.05) is 0 Å². The van der Waals surface area contributed by atoms with Gasteiger partial charge >= 0.3 is 5.97 Å². The van der Waals surface area contributed by atoms with Gasteiger partial charge in [0.2, 0.25) is 0 Å². The number of carboxylic acid groups (broad SMARTS) is 1. The molecule has 1 N–H and O–H groups in total. The van der Waals surface area contributed by atoms with Gasteiger partial charge in [-0.05, 0) is 29.8 Å². The maximum absolute atomic E-state index is 13.0. The molecule has 0 aliphatic heterocycles. The van der Waals surface area contributed by atoms with Crippen molar-refractivity contribution in [3.05, 3.63) is 71.0 Å². The molecule has 106 valence electrons. The van der Waals surface area contributed by atoms with Gasteiger partial charge in [-0.2, -0.15) is 0 Å². The minimum atomic E-state index is -1.18. The average molecular weight is 305 g/mol. The first-order chi connectivity index (χ1) is 9.97. The lowest BCUT2D eigenvalue weighted by atomic mass is 10.0. The van der Waals surface area contributed by atoms with Crippen molar-refractivity contribution in [1.29, 1.82) is 0 Å². The fourth-order valence-corrected chi connectivity index (χ4v) is 2.06. The van der Waals surface area contributed by atoms with Gasteiger partial charge in [-0.15, -0.1) is 0 Å². The molecule has 0 atom stereocenters. The zero-order valence-corrected chi connectivity index (χ0v) is 11.5. The molecule has 0 unspecified atom stereocenters. The average Bonchev–Trinajstić information content (AvgIpc) is 2.45. The SMILES string of the molecule is O=C(O)C=CC(=O)c1ccc(-c2ccc(F)cc2Cl)cc1. The molecule has 0 fully saturated rings. The third kappa shape index (κ3) is 3.77. The Morgan fingerprint density at radius 1 is 1.05 bits per heavy atom. The van der Waals surface area contributed by atoms with Crippen molar-refractivity contribution in [1.82, 2.24) is 0 Å². The summed E-state index contributed by atoms with van der Waals surface area (Å²) in [6.45, 7) is 0. The Labute approximate surface area is 125 Å². The summed E-state index contributed by atoms with van der Waals surface area (Å²) in [5.74, 6) is -2.01. The van der Waals surface area contributed by atoms with Gasteiger partial charge in [-0.25, -0.2) is 9.18 Å². The Bertz CT molecular complexity index is 721. The number of rotatable bonds is 4. The van der Waals surface area contributed by atoms with Gasteiger partial charge in [0.25, 0.3) is 0 Å². The fraction of sp³-hybridized carbons (Fsp3) is 0. The second-order valence-electron chi connectivity index (χ2n) is 4.24. The number of carbonyl (C=O) groups is 2. The van der Waals surface area contributed by atoms with E-state index in [1.807, 2.05) is 0 Å². The second-order valence-corrected chi connectivity index (χ2v) is 4.64. The van der Waals surface area contributed by atoms with E-state index in [0.717, 1.165) is 17.7 Å².